The minimum atomic E-state index is -3.67. The molecular weight excluding hydrogens is 295 g/mol. The lowest BCUT2D eigenvalue weighted by Gasteiger charge is -2.32. The number of piperidine rings is 1. The van der Waals surface area contributed by atoms with Gasteiger partial charge in [-0.25, -0.2) is 17.5 Å². The van der Waals surface area contributed by atoms with Crippen LogP contribution in [0.4, 0.5) is 4.39 Å². The van der Waals surface area contributed by atoms with Gasteiger partial charge in [0.15, 0.2) is 0 Å². The van der Waals surface area contributed by atoms with E-state index in [-0.39, 0.29) is 10.9 Å². The molecule has 1 N–H and O–H groups in total. The smallest absolute Gasteiger partial charge is 0.240 e. The molecule has 1 aromatic rings. The van der Waals surface area contributed by atoms with E-state index >= 15 is 0 Å². The van der Waals surface area contributed by atoms with Crippen LogP contribution >= 0.6 is 0 Å². The number of rotatable bonds is 6. The van der Waals surface area contributed by atoms with Crippen molar-refractivity contribution in [2.75, 3.05) is 33.4 Å². The first kappa shape index (κ1) is 16.4. The average molecular weight is 316 g/mol. The average Bonchev–Trinajstić information content (AvgIpc) is 2.45. The summed E-state index contributed by atoms with van der Waals surface area (Å²) in [6, 6.07) is 4.91. The zero-order valence-corrected chi connectivity index (χ0v) is 12.9. The zero-order valence-electron chi connectivity index (χ0n) is 12.1. The van der Waals surface area contributed by atoms with Gasteiger partial charge < -0.3 is 4.74 Å². The molecule has 1 heterocycles. The molecule has 1 aromatic carbocycles. The maximum Gasteiger partial charge on any atom is 0.240 e. The maximum atomic E-state index is 13.2. The number of sulfonamides is 1. The zero-order chi connectivity index (χ0) is 15.3. The Balaban J connectivity index is 1.99. The lowest BCUT2D eigenvalue weighted by atomic mass is 10.1. The summed E-state index contributed by atoms with van der Waals surface area (Å²) < 4.78 is 45.4. The summed E-state index contributed by atoms with van der Waals surface area (Å²) in [6.45, 7) is 3.01. The van der Waals surface area contributed by atoms with Crippen LogP contribution in [-0.2, 0) is 14.8 Å². The van der Waals surface area contributed by atoms with Crippen molar-refractivity contribution >= 4 is 10.0 Å². The van der Waals surface area contributed by atoms with Crippen LogP contribution in [0.2, 0.25) is 0 Å². The number of hydrogen-bond donors (Lipinski definition) is 1. The number of ether oxygens (including phenoxy) is 1. The molecular formula is C14H21FN2O3S. The molecule has 21 heavy (non-hydrogen) atoms. The van der Waals surface area contributed by atoms with Gasteiger partial charge in [-0.3, -0.25) is 4.90 Å². The third-order valence-electron chi connectivity index (χ3n) is 3.55. The van der Waals surface area contributed by atoms with Gasteiger partial charge in [-0.1, -0.05) is 6.07 Å². The van der Waals surface area contributed by atoms with Crippen molar-refractivity contribution in [3.8, 4) is 0 Å². The van der Waals surface area contributed by atoms with E-state index in [0.717, 1.165) is 32.0 Å². The van der Waals surface area contributed by atoms with Crippen molar-refractivity contribution in [3.63, 3.8) is 0 Å². The lowest BCUT2D eigenvalue weighted by molar-refractivity contribution is 0.126. The van der Waals surface area contributed by atoms with Crippen LogP contribution in [0.25, 0.3) is 0 Å². The van der Waals surface area contributed by atoms with Gasteiger partial charge in [0.1, 0.15) is 5.82 Å². The number of benzene rings is 1. The molecule has 1 unspecified atom stereocenters. The minimum Gasteiger partial charge on any atom is -0.383 e. The predicted molar refractivity (Wildman–Crippen MR) is 78.1 cm³/mol. The van der Waals surface area contributed by atoms with E-state index in [0.29, 0.717) is 13.2 Å². The molecule has 0 saturated carbocycles. The Morgan fingerprint density at radius 2 is 2.29 bits per heavy atom. The second-order valence-corrected chi connectivity index (χ2v) is 6.93. The van der Waals surface area contributed by atoms with Gasteiger partial charge in [-0.15, -0.1) is 0 Å². The molecule has 118 valence electrons. The van der Waals surface area contributed by atoms with Crippen molar-refractivity contribution in [1.82, 2.24) is 9.62 Å². The summed E-state index contributed by atoms with van der Waals surface area (Å²) in [5, 5.41) is 0. The van der Waals surface area contributed by atoms with Crippen LogP contribution in [0.1, 0.15) is 12.8 Å². The second-order valence-electron chi connectivity index (χ2n) is 5.21. The Labute approximate surface area is 125 Å². The topological polar surface area (TPSA) is 58.6 Å². The second kappa shape index (κ2) is 7.31. The van der Waals surface area contributed by atoms with Gasteiger partial charge in [-0.05, 0) is 37.6 Å². The number of nitrogens with one attached hydrogen (secondary N) is 1. The van der Waals surface area contributed by atoms with E-state index in [1.165, 1.54) is 18.2 Å². The maximum absolute atomic E-state index is 13.2. The SMILES string of the molecule is COCCN1CCCC(NS(=O)(=O)c2cccc(F)c2)C1. The molecule has 1 saturated heterocycles. The molecule has 1 aliphatic heterocycles. The van der Waals surface area contributed by atoms with Crippen molar-refractivity contribution in [2.45, 2.75) is 23.8 Å². The lowest BCUT2D eigenvalue weighted by Crippen LogP contribution is -2.48. The number of methoxy groups -OCH3 is 1. The summed E-state index contributed by atoms with van der Waals surface area (Å²) in [7, 11) is -2.03. The van der Waals surface area contributed by atoms with E-state index in [9.17, 15) is 12.8 Å². The number of likely N-dealkylation sites (tertiary alicyclic amines) is 1. The molecule has 0 amide bonds. The monoisotopic (exact) mass is 316 g/mol. The molecule has 1 atom stereocenters. The molecule has 7 heteroatoms. The minimum absolute atomic E-state index is 0.0310. The van der Waals surface area contributed by atoms with Crippen LogP contribution in [0, 0.1) is 5.82 Å². The Kier molecular flexibility index (Phi) is 5.69. The highest BCUT2D eigenvalue weighted by Gasteiger charge is 2.25. The molecule has 1 aliphatic rings. The Morgan fingerprint density at radius 3 is 3.00 bits per heavy atom. The highest BCUT2D eigenvalue weighted by atomic mass is 32.2. The molecule has 0 radical (unpaired) electrons. The quantitative estimate of drug-likeness (QED) is 0.857. The third-order valence-corrected chi connectivity index (χ3v) is 5.06. The largest absolute Gasteiger partial charge is 0.383 e. The van der Waals surface area contributed by atoms with E-state index in [4.69, 9.17) is 4.74 Å². The summed E-state index contributed by atoms with van der Waals surface area (Å²) in [5.74, 6) is -0.553. The van der Waals surface area contributed by atoms with E-state index < -0.39 is 15.8 Å². The van der Waals surface area contributed by atoms with E-state index in [1.54, 1.807) is 7.11 Å². The van der Waals surface area contributed by atoms with Gasteiger partial charge in [0.25, 0.3) is 0 Å². The molecule has 1 fully saturated rings. The van der Waals surface area contributed by atoms with Gasteiger partial charge in [0.05, 0.1) is 11.5 Å². The Bertz CT molecular complexity index is 565. The standard InChI is InChI=1S/C14H21FN2O3S/c1-20-9-8-17-7-3-5-13(11-17)16-21(18,19)14-6-2-4-12(15)10-14/h2,4,6,10,13,16H,3,5,7-9,11H2,1H3. The number of halogens is 1. The van der Waals surface area contributed by atoms with Gasteiger partial charge in [0.2, 0.25) is 10.0 Å². The summed E-state index contributed by atoms with van der Waals surface area (Å²) in [5.41, 5.74) is 0. The van der Waals surface area contributed by atoms with E-state index in [2.05, 4.69) is 9.62 Å². The molecule has 0 spiro atoms. The first-order chi connectivity index (χ1) is 10.0. The number of nitrogens with zero attached hydrogens (tertiary/aromatic N) is 1. The number of hydrogen-bond acceptors (Lipinski definition) is 4. The Hall–Kier alpha value is -1.02. The fraction of sp³-hybridized carbons (Fsp3) is 0.571. The highest BCUT2D eigenvalue weighted by Crippen LogP contribution is 2.15. The van der Waals surface area contributed by atoms with Gasteiger partial charge >= 0.3 is 0 Å². The van der Waals surface area contributed by atoms with Gasteiger partial charge in [-0.2, -0.15) is 0 Å². The fourth-order valence-electron chi connectivity index (χ4n) is 2.50. The molecule has 0 aliphatic carbocycles. The third kappa shape index (κ3) is 4.74. The van der Waals surface area contributed by atoms with Crippen LogP contribution in [0.3, 0.4) is 0 Å². The van der Waals surface area contributed by atoms with Crippen molar-refractivity contribution in [1.29, 1.82) is 0 Å². The predicted octanol–water partition coefficient (Wildman–Crippen LogP) is 1.21. The van der Waals surface area contributed by atoms with Crippen molar-refractivity contribution in [3.05, 3.63) is 30.1 Å². The molecule has 0 aromatic heterocycles. The van der Waals surface area contributed by atoms with Crippen LogP contribution in [0.15, 0.2) is 29.2 Å². The summed E-state index contributed by atoms with van der Waals surface area (Å²) >= 11 is 0. The normalized spacial score (nSPS) is 20.6. The van der Waals surface area contributed by atoms with Crippen molar-refractivity contribution < 1.29 is 17.5 Å². The van der Waals surface area contributed by atoms with Crippen LogP contribution < -0.4 is 4.72 Å². The Morgan fingerprint density at radius 1 is 1.48 bits per heavy atom. The summed E-state index contributed by atoms with van der Waals surface area (Å²) in [4.78, 5) is 2.14. The van der Waals surface area contributed by atoms with Crippen molar-refractivity contribution in [2.24, 2.45) is 0 Å². The van der Waals surface area contributed by atoms with Crippen LogP contribution in [-0.4, -0.2) is 52.7 Å². The fourth-order valence-corrected chi connectivity index (χ4v) is 3.79. The first-order valence-electron chi connectivity index (χ1n) is 7.00. The molecule has 5 nitrogen and oxygen atoms in total. The summed E-state index contributed by atoms with van der Waals surface area (Å²) in [6.07, 6.45) is 1.72. The van der Waals surface area contributed by atoms with Gasteiger partial charge in [0, 0.05) is 26.2 Å². The molecule has 2 rings (SSSR count). The van der Waals surface area contributed by atoms with Crippen LogP contribution in [0.5, 0.6) is 0 Å². The van der Waals surface area contributed by atoms with E-state index in [1.807, 2.05) is 0 Å². The molecule has 0 bridgehead atoms. The highest BCUT2D eigenvalue weighted by molar-refractivity contribution is 7.89. The first-order valence-corrected chi connectivity index (χ1v) is 8.49.